The Bertz CT molecular complexity index is 703. The second kappa shape index (κ2) is 6.34. The van der Waals surface area contributed by atoms with Crippen LogP contribution in [0.15, 0.2) is 36.0 Å². The summed E-state index contributed by atoms with van der Waals surface area (Å²) in [6, 6.07) is 9.07. The number of aromatic nitrogens is 1. The Labute approximate surface area is 147 Å². The Morgan fingerprint density at radius 2 is 1.90 bits per heavy atom. The van der Waals surface area contributed by atoms with Crippen LogP contribution < -0.4 is 28.8 Å². The minimum Gasteiger partial charge on any atom is -1.00 e. The molecule has 4 heteroatoms. The summed E-state index contributed by atoms with van der Waals surface area (Å²) in [6.07, 6.45) is 4.86. The zero-order valence-corrected chi connectivity index (χ0v) is 15.2. The molecule has 1 atom stereocenters. The molecule has 2 aliphatic rings. The third-order valence-corrected chi connectivity index (χ3v) is 7.21. The average Bonchev–Trinajstić information content (AvgIpc) is 2.79. The number of H-pyrrole nitrogens is 1. The average molecular weight is 354 g/mol. The van der Waals surface area contributed by atoms with E-state index in [1.54, 1.807) is 20.6 Å². The monoisotopic (exact) mass is 353 g/mol. The Morgan fingerprint density at radius 3 is 2.52 bits per heavy atom. The molecule has 1 heterocycles. The van der Waals surface area contributed by atoms with E-state index in [9.17, 15) is 0 Å². The number of rotatable bonds is 2. The van der Waals surface area contributed by atoms with Crippen LogP contribution in [0.5, 0.6) is 0 Å². The van der Waals surface area contributed by atoms with Crippen molar-refractivity contribution >= 4 is 7.88 Å². The van der Waals surface area contributed by atoms with Gasteiger partial charge in [-0.25, -0.2) is 0 Å². The Kier molecular flexibility index (Phi) is 5.10. The molecule has 1 aromatic heterocycles. The van der Waals surface area contributed by atoms with Crippen molar-refractivity contribution in [3.8, 4) is 0 Å². The first-order valence-electron chi connectivity index (χ1n) is 6.99. The van der Waals surface area contributed by atoms with Crippen molar-refractivity contribution in [2.24, 2.45) is 0 Å². The standard InChI is InChI=1S/C11H9.C6H8N.2ClH.Ti/c1-2-4-10-8(3-1)7-9-5-6-11(9)10;1-5-3-7-4-6(5)2;;;/h1-4,11H,5-6H2;3,7H,1-2H3;2*1H;/q;;;;+2/p-2. The summed E-state index contributed by atoms with van der Waals surface area (Å²) < 4.78 is 3.24. The van der Waals surface area contributed by atoms with Gasteiger partial charge in [0.05, 0.1) is 0 Å². The van der Waals surface area contributed by atoms with Gasteiger partial charge >= 0.3 is 123 Å². The molecule has 2 aromatic rings. The summed E-state index contributed by atoms with van der Waals surface area (Å²) in [5, 5.41) is 0. The smallest absolute Gasteiger partial charge is 1.00 e. The van der Waals surface area contributed by atoms with Gasteiger partial charge in [0, 0.05) is 0 Å². The van der Waals surface area contributed by atoms with E-state index < -0.39 is 0 Å². The number of hydrogen-bond donors (Lipinski definition) is 1. The van der Waals surface area contributed by atoms with Gasteiger partial charge in [0.15, 0.2) is 0 Å². The predicted molar refractivity (Wildman–Crippen MR) is 75.2 cm³/mol. The molecule has 0 aliphatic heterocycles. The van der Waals surface area contributed by atoms with Crippen LogP contribution in [-0.4, -0.2) is 4.98 Å². The molecule has 0 radical (unpaired) electrons. The number of aryl methyl sites for hydroxylation is 1. The van der Waals surface area contributed by atoms with Crippen LogP contribution in [0.4, 0.5) is 0 Å². The fraction of sp³-hybridized carbons (Fsp3) is 0.294. The SMILES string of the molecule is Cc1c[nH][c]([Ti+2][C]2=C3CCC3c3ccccc32)c1C.[Cl-].[Cl-]. The van der Waals surface area contributed by atoms with E-state index in [0.717, 1.165) is 5.92 Å². The molecule has 0 saturated heterocycles. The van der Waals surface area contributed by atoms with Crippen LogP contribution in [0, 0.1) is 13.8 Å². The van der Waals surface area contributed by atoms with Crippen LogP contribution >= 0.6 is 0 Å². The van der Waals surface area contributed by atoms with Crippen LogP contribution in [0.25, 0.3) is 3.88 Å². The first kappa shape index (κ1) is 16.9. The van der Waals surface area contributed by atoms with Crippen molar-refractivity contribution in [3.63, 3.8) is 0 Å². The summed E-state index contributed by atoms with van der Waals surface area (Å²) in [5.41, 5.74) is 7.80. The van der Waals surface area contributed by atoms with E-state index in [-0.39, 0.29) is 44.0 Å². The van der Waals surface area contributed by atoms with Crippen LogP contribution in [0.2, 0.25) is 0 Å². The molecule has 2 aliphatic carbocycles. The summed E-state index contributed by atoms with van der Waals surface area (Å²) >= 11 is -0.213. The normalized spacial score (nSPS) is 17.9. The molecular weight excluding hydrogens is 337 g/mol. The maximum Gasteiger partial charge on any atom is -1.00 e. The zero-order valence-electron chi connectivity index (χ0n) is 12.1. The molecule has 0 bridgehead atoms. The molecule has 0 spiro atoms. The second-order valence-corrected chi connectivity index (χ2v) is 7.63. The summed E-state index contributed by atoms with van der Waals surface area (Å²) in [6.45, 7) is 4.46. The minimum atomic E-state index is -0.213. The molecule has 21 heavy (non-hydrogen) atoms. The third-order valence-electron chi connectivity index (χ3n) is 4.70. The largest absolute Gasteiger partial charge is 1.00 e. The van der Waals surface area contributed by atoms with Crippen molar-refractivity contribution in [3.05, 3.63) is 58.3 Å². The molecule has 4 rings (SSSR count). The van der Waals surface area contributed by atoms with Gasteiger partial charge in [0.2, 0.25) is 0 Å². The van der Waals surface area contributed by atoms with Crippen LogP contribution in [0.1, 0.15) is 41.0 Å². The van der Waals surface area contributed by atoms with E-state index in [4.69, 9.17) is 0 Å². The molecule has 1 saturated carbocycles. The third kappa shape index (κ3) is 2.55. The van der Waals surface area contributed by atoms with E-state index in [2.05, 4.69) is 49.3 Å². The summed E-state index contributed by atoms with van der Waals surface area (Å²) in [4.78, 5) is 3.51. The molecule has 1 nitrogen and oxygen atoms in total. The number of halogens is 2. The molecule has 1 unspecified atom stereocenters. The second-order valence-electron chi connectivity index (χ2n) is 5.68. The first-order chi connectivity index (χ1) is 9.25. The van der Waals surface area contributed by atoms with Gasteiger partial charge in [0.1, 0.15) is 0 Å². The van der Waals surface area contributed by atoms with Gasteiger partial charge in [-0.15, -0.1) is 0 Å². The minimum absolute atomic E-state index is 0. The van der Waals surface area contributed by atoms with Gasteiger partial charge in [-0.05, 0) is 0 Å². The predicted octanol–water partition coefficient (Wildman–Crippen LogP) is -2.35. The van der Waals surface area contributed by atoms with Gasteiger partial charge in [-0.1, -0.05) is 0 Å². The van der Waals surface area contributed by atoms with Gasteiger partial charge in [0.25, 0.3) is 0 Å². The quantitative estimate of drug-likeness (QED) is 0.582. The van der Waals surface area contributed by atoms with E-state index in [1.807, 2.05) is 0 Å². The molecule has 1 fully saturated rings. The van der Waals surface area contributed by atoms with Crippen molar-refractivity contribution < 1.29 is 44.0 Å². The number of nitrogens with one attached hydrogen (secondary N) is 1. The van der Waals surface area contributed by atoms with E-state index >= 15 is 0 Å². The molecule has 1 N–H and O–H groups in total. The first-order valence-corrected chi connectivity index (χ1v) is 8.56. The number of hydrogen-bond acceptors (Lipinski definition) is 0. The van der Waals surface area contributed by atoms with Gasteiger partial charge in [-0.3, -0.25) is 0 Å². The van der Waals surface area contributed by atoms with Crippen LogP contribution in [0.3, 0.4) is 0 Å². The fourth-order valence-corrected chi connectivity index (χ4v) is 5.77. The Morgan fingerprint density at radius 1 is 1.14 bits per heavy atom. The maximum absolute atomic E-state index is 3.51. The molecule has 0 amide bonds. The van der Waals surface area contributed by atoms with Gasteiger partial charge in [-0.2, -0.15) is 0 Å². The fourth-order valence-electron chi connectivity index (χ4n) is 3.27. The molecular formula is C17H17Cl2NTi. The zero-order chi connectivity index (χ0) is 13.0. The van der Waals surface area contributed by atoms with Gasteiger partial charge < -0.3 is 24.8 Å². The number of aromatic amines is 1. The van der Waals surface area contributed by atoms with E-state index in [1.165, 1.54) is 28.0 Å². The van der Waals surface area contributed by atoms with Crippen molar-refractivity contribution in [1.29, 1.82) is 0 Å². The van der Waals surface area contributed by atoms with E-state index in [0.29, 0.717) is 0 Å². The number of benzene rings is 1. The summed E-state index contributed by atoms with van der Waals surface area (Å²) in [7, 11) is 0. The number of fused-ring (bicyclic) bond motifs is 3. The Hall–Kier alpha value is -0.466. The summed E-state index contributed by atoms with van der Waals surface area (Å²) in [5.74, 6) is 0.770. The topological polar surface area (TPSA) is 15.8 Å². The van der Waals surface area contributed by atoms with Crippen molar-refractivity contribution in [1.82, 2.24) is 4.98 Å². The van der Waals surface area contributed by atoms with Crippen molar-refractivity contribution in [2.75, 3.05) is 0 Å². The Balaban J connectivity index is 0.000000807. The maximum atomic E-state index is 3.51. The van der Waals surface area contributed by atoms with Crippen molar-refractivity contribution in [2.45, 2.75) is 32.6 Å². The number of allylic oxidation sites excluding steroid dienone is 1. The molecule has 1 aromatic carbocycles. The molecule has 108 valence electrons. The van der Waals surface area contributed by atoms with Crippen LogP contribution in [-0.2, 0) is 19.2 Å².